The lowest BCUT2D eigenvalue weighted by Crippen LogP contribution is -2.34. The number of ether oxygens (including phenoxy) is 1. The SMILES string of the molecule is CC(CC(=O)NCCOc1ccc(Cl)cc1)C1CCNCC1. The standard InChI is InChI=1S/C17H25ClN2O2/c1-13(14-6-8-19-9-7-14)12-17(21)20-10-11-22-16-4-2-15(18)3-5-16/h2-5,13-14,19H,6-12H2,1H3,(H,20,21). The highest BCUT2D eigenvalue weighted by Gasteiger charge is 2.21. The first-order chi connectivity index (χ1) is 10.6. The number of amides is 1. The highest BCUT2D eigenvalue weighted by atomic mass is 35.5. The van der Waals surface area contributed by atoms with Gasteiger partial charge in [0.25, 0.3) is 0 Å². The van der Waals surface area contributed by atoms with E-state index in [1.807, 2.05) is 12.1 Å². The number of rotatable bonds is 7. The molecule has 1 aliphatic heterocycles. The Morgan fingerprint density at radius 2 is 2.05 bits per heavy atom. The van der Waals surface area contributed by atoms with E-state index in [1.54, 1.807) is 12.1 Å². The van der Waals surface area contributed by atoms with Crippen LogP contribution in [0.1, 0.15) is 26.2 Å². The molecule has 2 rings (SSSR count). The lowest BCUT2D eigenvalue weighted by Gasteiger charge is -2.27. The average molecular weight is 325 g/mol. The Morgan fingerprint density at radius 1 is 1.36 bits per heavy atom. The van der Waals surface area contributed by atoms with E-state index in [0.29, 0.717) is 36.4 Å². The Morgan fingerprint density at radius 3 is 2.73 bits per heavy atom. The highest BCUT2D eigenvalue weighted by Crippen LogP contribution is 2.24. The summed E-state index contributed by atoms with van der Waals surface area (Å²) in [6, 6.07) is 7.22. The van der Waals surface area contributed by atoms with Gasteiger partial charge in [-0.25, -0.2) is 0 Å². The van der Waals surface area contributed by atoms with Crippen molar-refractivity contribution in [2.24, 2.45) is 11.8 Å². The fraction of sp³-hybridized carbons (Fsp3) is 0.588. The summed E-state index contributed by atoms with van der Waals surface area (Å²) in [5.41, 5.74) is 0. The van der Waals surface area contributed by atoms with E-state index in [1.165, 1.54) is 12.8 Å². The first-order valence-corrected chi connectivity index (χ1v) is 8.38. The van der Waals surface area contributed by atoms with Crippen LogP contribution in [0.25, 0.3) is 0 Å². The zero-order valence-electron chi connectivity index (χ0n) is 13.1. The summed E-state index contributed by atoms with van der Waals surface area (Å²) < 4.78 is 5.55. The number of piperidine rings is 1. The molecule has 2 N–H and O–H groups in total. The van der Waals surface area contributed by atoms with Gasteiger partial charge in [-0.15, -0.1) is 0 Å². The lowest BCUT2D eigenvalue weighted by molar-refractivity contribution is -0.122. The predicted octanol–water partition coefficient (Wildman–Crippen LogP) is 2.86. The van der Waals surface area contributed by atoms with Gasteiger partial charge in [-0.3, -0.25) is 4.79 Å². The predicted molar refractivity (Wildman–Crippen MR) is 89.3 cm³/mol. The second-order valence-electron chi connectivity index (χ2n) is 5.92. The Bertz CT molecular complexity index is 458. The van der Waals surface area contributed by atoms with Gasteiger partial charge in [0, 0.05) is 11.4 Å². The fourth-order valence-corrected chi connectivity index (χ4v) is 2.96. The number of hydrogen-bond donors (Lipinski definition) is 2. The molecular weight excluding hydrogens is 300 g/mol. The average Bonchev–Trinajstić information content (AvgIpc) is 2.54. The maximum absolute atomic E-state index is 12.0. The van der Waals surface area contributed by atoms with Crippen molar-refractivity contribution in [3.8, 4) is 5.75 Å². The number of carbonyl (C=O) groups excluding carboxylic acids is 1. The second-order valence-corrected chi connectivity index (χ2v) is 6.36. The Balaban J connectivity index is 1.60. The van der Waals surface area contributed by atoms with Crippen molar-refractivity contribution in [1.82, 2.24) is 10.6 Å². The molecule has 1 heterocycles. The molecule has 1 aromatic rings. The highest BCUT2D eigenvalue weighted by molar-refractivity contribution is 6.30. The van der Waals surface area contributed by atoms with Crippen molar-refractivity contribution in [3.63, 3.8) is 0 Å². The van der Waals surface area contributed by atoms with Crippen LogP contribution >= 0.6 is 11.6 Å². The molecule has 5 heteroatoms. The Hall–Kier alpha value is -1.26. The van der Waals surface area contributed by atoms with E-state index in [0.717, 1.165) is 18.8 Å². The third-order valence-electron chi connectivity index (χ3n) is 4.20. The summed E-state index contributed by atoms with van der Waals surface area (Å²) in [6.07, 6.45) is 2.95. The van der Waals surface area contributed by atoms with Crippen LogP contribution in [0.5, 0.6) is 5.75 Å². The molecule has 1 unspecified atom stereocenters. The van der Waals surface area contributed by atoms with Crippen LogP contribution in [0.3, 0.4) is 0 Å². The normalized spacial score (nSPS) is 17.0. The Labute approximate surface area is 137 Å². The molecule has 1 atom stereocenters. The topological polar surface area (TPSA) is 50.4 Å². The molecule has 0 radical (unpaired) electrons. The molecule has 0 aromatic heterocycles. The molecule has 122 valence electrons. The number of nitrogens with one attached hydrogen (secondary N) is 2. The molecule has 1 fully saturated rings. The molecule has 0 aliphatic carbocycles. The summed E-state index contributed by atoms with van der Waals surface area (Å²) in [7, 11) is 0. The summed E-state index contributed by atoms with van der Waals surface area (Å²) >= 11 is 5.81. The maximum atomic E-state index is 12.0. The van der Waals surface area contributed by atoms with Crippen molar-refractivity contribution in [3.05, 3.63) is 29.3 Å². The third kappa shape index (κ3) is 5.85. The summed E-state index contributed by atoms with van der Waals surface area (Å²) in [4.78, 5) is 12.0. The molecule has 0 bridgehead atoms. The van der Waals surface area contributed by atoms with E-state index in [-0.39, 0.29) is 5.91 Å². The van der Waals surface area contributed by atoms with Crippen LogP contribution in [0.4, 0.5) is 0 Å². The van der Waals surface area contributed by atoms with Gasteiger partial charge in [-0.05, 0) is 62.0 Å². The van der Waals surface area contributed by atoms with E-state index < -0.39 is 0 Å². The van der Waals surface area contributed by atoms with Crippen LogP contribution in [0.15, 0.2) is 24.3 Å². The Kier molecular flexibility index (Phi) is 7.00. The third-order valence-corrected chi connectivity index (χ3v) is 4.45. The van der Waals surface area contributed by atoms with Crippen LogP contribution in [-0.4, -0.2) is 32.1 Å². The minimum absolute atomic E-state index is 0.116. The van der Waals surface area contributed by atoms with Crippen LogP contribution in [-0.2, 0) is 4.79 Å². The van der Waals surface area contributed by atoms with Crippen molar-refractivity contribution in [1.29, 1.82) is 0 Å². The summed E-state index contributed by atoms with van der Waals surface area (Å²) in [5.74, 6) is 1.99. The summed E-state index contributed by atoms with van der Waals surface area (Å²) in [5, 5.41) is 6.97. The number of halogens is 1. The molecule has 22 heavy (non-hydrogen) atoms. The zero-order chi connectivity index (χ0) is 15.8. The molecule has 1 aliphatic rings. The van der Waals surface area contributed by atoms with Gasteiger partial charge in [0.05, 0.1) is 6.54 Å². The van der Waals surface area contributed by atoms with Gasteiger partial charge in [-0.1, -0.05) is 18.5 Å². The van der Waals surface area contributed by atoms with Crippen LogP contribution in [0.2, 0.25) is 5.02 Å². The second kappa shape index (κ2) is 9.01. The van der Waals surface area contributed by atoms with Crippen LogP contribution in [0, 0.1) is 11.8 Å². The van der Waals surface area contributed by atoms with Gasteiger partial charge >= 0.3 is 0 Å². The maximum Gasteiger partial charge on any atom is 0.220 e. The van der Waals surface area contributed by atoms with Crippen molar-refractivity contribution in [2.75, 3.05) is 26.2 Å². The number of hydrogen-bond acceptors (Lipinski definition) is 3. The number of benzene rings is 1. The van der Waals surface area contributed by atoms with Gasteiger partial charge in [0.2, 0.25) is 5.91 Å². The van der Waals surface area contributed by atoms with Gasteiger partial charge in [-0.2, -0.15) is 0 Å². The molecule has 4 nitrogen and oxygen atoms in total. The van der Waals surface area contributed by atoms with Crippen molar-refractivity contribution >= 4 is 17.5 Å². The van der Waals surface area contributed by atoms with Gasteiger partial charge < -0.3 is 15.4 Å². The quantitative estimate of drug-likeness (QED) is 0.758. The molecule has 0 saturated carbocycles. The fourth-order valence-electron chi connectivity index (χ4n) is 2.83. The monoisotopic (exact) mass is 324 g/mol. The largest absolute Gasteiger partial charge is 0.492 e. The molecule has 1 aromatic carbocycles. The number of carbonyl (C=O) groups is 1. The smallest absolute Gasteiger partial charge is 0.220 e. The van der Waals surface area contributed by atoms with Crippen molar-refractivity contribution < 1.29 is 9.53 Å². The minimum Gasteiger partial charge on any atom is -0.492 e. The van der Waals surface area contributed by atoms with E-state index in [9.17, 15) is 4.79 Å². The van der Waals surface area contributed by atoms with E-state index in [2.05, 4.69) is 17.6 Å². The first kappa shape index (κ1) is 17.1. The first-order valence-electron chi connectivity index (χ1n) is 8.01. The van der Waals surface area contributed by atoms with Crippen LogP contribution < -0.4 is 15.4 Å². The summed E-state index contributed by atoms with van der Waals surface area (Å²) in [6.45, 7) is 5.33. The van der Waals surface area contributed by atoms with E-state index >= 15 is 0 Å². The zero-order valence-corrected chi connectivity index (χ0v) is 13.9. The van der Waals surface area contributed by atoms with E-state index in [4.69, 9.17) is 16.3 Å². The molecule has 1 amide bonds. The van der Waals surface area contributed by atoms with Crippen molar-refractivity contribution in [2.45, 2.75) is 26.2 Å². The minimum atomic E-state index is 0.116. The van der Waals surface area contributed by atoms with Gasteiger partial charge in [0.1, 0.15) is 12.4 Å². The molecule has 1 saturated heterocycles. The lowest BCUT2D eigenvalue weighted by atomic mass is 9.84. The molecule has 0 spiro atoms. The molecular formula is C17H25ClN2O2. The van der Waals surface area contributed by atoms with Gasteiger partial charge in [0.15, 0.2) is 0 Å².